The van der Waals surface area contributed by atoms with E-state index in [1.54, 1.807) is 23.7 Å². The molecule has 0 bridgehead atoms. The predicted octanol–water partition coefficient (Wildman–Crippen LogP) is 5.66. The smallest absolute Gasteiger partial charge is 0.257 e. The first-order chi connectivity index (χ1) is 14.5. The van der Waals surface area contributed by atoms with Crippen molar-refractivity contribution < 1.29 is 14.8 Å². The predicted molar refractivity (Wildman–Crippen MR) is 119 cm³/mol. The van der Waals surface area contributed by atoms with Gasteiger partial charge in [0, 0.05) is 35.1 Å². The second kappa shape index (κ2) is 10.5. The van der Waals surface area contributed by atoms with Crippen LogP contribution in [-0.2, 0) is 11.3 Å². The molecule has 1 aromatic heterocycles. The number of unbranched alkanes of at least 4 members (excludes halogenated alkanes) is 3. The maximum absolute atomic E-state index is 12.9. The van der Waals surface area contributed by atoms with Crippen molar-refractivity contribution in [3.63, 3.8) is 0 Å². The number of fused-ring (bicyclic) bond motifs is 1. The summed E-state index contributed by atoms with van der Waals surface area (Å²) < 4.78 is 2.08. The molecule has 0 aliphatic heterocycles. The van der Waals surface area contributed by atoms with E-state index >= 15 is 0 Å². The van der Waals surface area contributed by atoms with Crippen LogP contribution in [0.3, 0.4) is 0 Å². The van der Waals surface area contributed by atoms with Gasteiger partial charge in [0.05, 0.1) is 16.3 Å². The zero-order valence-electron chi connectivity index (χ0n) is 16.3. The number of nitrogens with one attached hydrogen (secondary N) is 2. The summed E-state index contributed by atoms with van der Waals surface area (Å²) >= 11 is 12.1. The fourth-order valence-corrected chi connectivity index (χ4v) is 3.83. The molecule has 3 rings (SSSR count). The number of anilines is 1. The topological polar surface area (TPSA) is 83.4 Å². The maximum atomic E-state index is 12.9. The van der Waals surface area contributed by atoms with Gasteiger partial charge in [-0.1, -0.05) is 54.2 Å². The van der Waals surface area contributed by atoms with Gasteiger partial charge in [-0.3, -0.25) is 14.8 Å². The third-order valence-electron chi connectivity index (χ3n) is 4.89. The van der Waals surface area contributed by atoms with E-state index < -0.39 is 0 Å². The molecule has 0 saturated carbocycles. The third-order valence-corrected chi connectivity index (χ3v) is 5.44. The number of aromatic nitrogens is 1. The second-order valence-corrected chi connectivity index (χ2v) is 7.87. The number of nitrogens with zero attached hydrogens (tertiary/aromatic N) is 1. The zero-order valence-corrected chi connectivity index (χ0v) is 17.8. The quantitative estimate of drug-likeness (QED) is 0.225. The van der Waals surface area contributed by atoms with Crippen molar-refractivity contribution >= 4 is 51.6 Å². The number of aryl methyl sites for hydroxylation is 1. The van der Waals surface area contributed by atoms with Crippen LogP contribution in [0.5, 0.6) is 0 Å². The van der Waals surface area contributed by atoms with E-state index in [0.717, 1.165) is 43.1 Å². The zero-order chi connectivity index (χ0) is 21.5. The Hall–Kier alpha value is -2.54. The van der Waals surface area contributed by atoms with Crippen molar-refractivity contribution in [2.45, 2.75) is 38.6 Å². The molecule has 8 heteroatoms. The largest absolute Gasteiger partial charge is 0.347 e. The first-order valence-corrected chi connectivity index (χ1v) is 10.5. The number of amides is 2. The molecule has 158 valence electrons. The Morgan fingerprint density at radius 1 is 1.00 bits per heavy atom. The van der Waals surface area contributed by atoms with Crippen LogP contribution in [0.4, 0.5) is 5.69 Å². The van der Waals surface area contributed by atoms with E-state index in [1.807, 2.05) is 30.5 Å². The number of halogens is 2. The number of hydroxylamine groups is 1. The molecule has 0 atom stereocenters. The fraction of sp³-hybridized carbons (Fsp3) is 0.273. The first-order valence-electron chi connectivity index (χ1n) is 9.77. The van der Waals surface area contributed by atoms with Crippen LogP contribution in [-0.4, -0.2) is 21.6 Å². The Morgan fingerprint density at radius 3 is 2.53 bits per heavy atom. The van der Waals surface area contributed by atoms with Gasteiger partial charge in [-0.15, -0.1) is 0 Å². The van der Waals surface area contributed by atoms with Crippen molar-refractivity contribution in [2.24, 2.45) is 0 Å². The van der Waals surface area contributed by atoms with Gasteiger partial charge in [0.1, 0.15) is 0 Å². The minimum atomic E-state index is -0.358. The summed E-state index contributed by atoms with van der Waals surface area (Å²) in [4.78, 5) is 23.9. The lowest BCUT2D eigenvalue weighted by Gasteiger charge is -2.07. The third kappa shape index (κ3) is 5.53. The van der Waals surface area contributed by atoms with Gasteiger partial charge in [-0.2, -0.15) is 0 Å². The SMILES string of the molecule is O=C(CCCCCCn1cc(C(=O)Nc2ccc(Cl)cc2Cl)c2ccccc21)NO. The highest BCUT2D eigenvalue weighted by Gasteiger charge is 2.16. The second-order valence-electron chi connectivity index (χ2n) is 7.03. The summed E-state index contributed by atoms with van der Waals surface area (Å²) in [5.41, 5.74) is 3.72. The van der Waals surface area contributed by atoms with E-state index in [2.05, 4.69) is 9.88 Å². The van der Waals surface area contributed by atoms with Gasteiger partial charge >= 0.3 is 0 Å². The lowest BCUT2D eigenvalue weighted by Crippen LogP contribution is -2.17. The standard InChI is InChI=1S/C22H23Cl2N3O3/c23-15-10-11-19(18(24)13-15)25-22(29)17-14-27(20-8-5-4-7-16(17)20)12-6-2-1-3-9-21(28)26-30/h4-5,7-8,10-11,13-14,30H,1-3,6,9,12H2,(H,25,29)(H,26,28). The molecule has 0 spiro atoms. The monoisotopic (exact) mass is 447 g/mol. The normalized spacial score (nSPS) is 10.9. The van der Waals surface area contributed by atoms with Gasteiger partial charge in [0.25, 0.3) is 5.91 Å². The molecular weight excluding hydrogens is 425 g/mol. The summed E-state index contributed by atoms with van der Waals surface area (Å²) in [6.45, 7) is 0.766. The molecule has 30 heavy (non-hydrogen) atoms. The minimum absolute atomic E-state index is 0.232. The average molecular weight is 448 g/mol. The van der Waals surface area contributed by atoms with E-state index in [1.165, 1.54) is 0 Å². The molecule has 3 N–H and O–H groups in total. The first kappa shape index (κ1) is 22.2. The van der Waals surface area contributed by atoms with Crippen LogP contribution in [0, 0.1) is 0 Å². The van der Waals surface area contributed by atoms with E-state index in [0.29, 0.717) is 27.7 Å². The molecule has 6 nitrogen and oxygen atoms in total. The number of carbonyl (C=O) groups is 2. The van der Waals surface area contributed by atoms with Gasteiger partial charge in [0.15, 0.2) is 0 Å². The Kier molecular flexibility index (Phi) is 7.74. The summed E-state index contributed by atoms with van der Waals surface area (Å²) in [5, 5.41) is 13.1. The molecule has 3 aromatic rings. The number of carbonyl (C=O) groups excluding carboxylic acids is 2. The number of hydrogen-bond donors (Lipinski definition) is 3. The molecule has 2 amide bonds. The average Bonchev–Trinajstić information content (AvgIpc) is 3.11. The molecule has 0 aliphatic rings. The molecule has 0 saturated heterocycles. The van der Waals surface area contributed by atoms with Crippen LogP contribution in [0.1, 0.15) is 42.5 Å². The van der Waals surface area contributed by atoms with Crippen molar-refractivity contribution in [1.29, 1.82) is 0 Å². The lowest BCUT2D eigenvalue weighted by atomic mass is 10.1. The highest BCUT2D eigenvalue weighted by Crippen LogP contribution is 2.28. The molecule has 0 radical (unpaired) electrons. The van der Waals surface area contributed by atoms with Crippen molar-refractivity contribution in [1.82, 2.24) is 10.0 Å². The van der Waals surface area contributed by atoms with Crippen LogP contribution >= 0.6 is 23.2 Å². The number of para-hydroxylation sites is 1. The number of hydrogen-bond acceptors (Lipinski definition) is 3. The number of benzene rings is 2. The molecule has 2 aromatic carbocycles. The Morgan fingerprint density at radius 2 is 1.77 bits per heavy atom. The van der Waals surface area contributed by atoms with Crippen LogP contribution in [0.15, 0.2) is 48.7 Å². The van der Waals surface area contributed by atoms with Gasteiger partial charge in [0.2, 0.25) is 5.91 Å². The van der Waals surface area contributed by atoms with E-state index in [9.17, 15) is 9.59 Å². The van der Waals surface area contributed by atoms with E-state index in [-0.39, 0.29) is 11.8 Å². The van der Waals surface area contributed by atoms with E-state index in [4.69, 9.17) is 28.4 Å². The summed E-state index contributed by atoms with van der Waals surface area (Å²) in [6.07, 6.45) is 5.68. The molecule has 0 fully saturated rings. The highest BCUT2D eigenvalue weighted by atomic mass is 35.5. The molecular formula is C22H23Cl2N3O3. The van der Waals surface area contributed by atoms with Crippen LogP contribution in [0.2, 0.25) is 10.0 Å². The fourth-order valence-electron chi connectivity index (χ4n) is 3.37. The van der Waals surface area contributed by atoms with Crippen molar-refractivity contribution in [3.05, 3.63) is 64.3 Å². The van der Waals surface area contributed by atoms with Gasteiger partial charge < -0.3 is 9.88 Å². The Labute approximate surface area is 184 Å². The minimum Gasteiger partial charge on any atom is -0.347 e. The highest BCUT2D eigenvalue weighted by molar-refractivity contribution is 6.37. The molecule has 0 aliphatic carbocycles. The molecule has 1 heterocycles. The summed E-state index contributed by atoms with van der Waals surface area (Å²) in [6, 6.07) is 12.7. The van der Waals surface area contributed by atoms with Gasteiger partial charge in [-0.05, 0) is 37.1 Å². The Balaban J connectivity index is 1.67. The van der Waals surface area contributed by atoms with Crippen LogP contribution in [0.25, 0.3) is 10.9 Å². The molecule has 0 unspecified atom stereocenters. The summed E-state index contributed by atoms with van der Waals surface area (Å²) in [7, 11) is 0. The van der Waals surface area contributed by atoms with Crippen LogP contribution < -0.4 is 10.8 Å². The number of rotatable bonds is 9. The maximum Gasteiger partial charge on any atom is 0.257 e. The van der Waals surface area contributed by atoms with Crippen molar-refractivity contribution in [2.75, 3.05) is 5.32 Å². The lowest BCUT2D eigenvalue weighted by molar-refractivity contribution is -0.129. The Bertz CT molecular complexity index is 1050. The van der Waals surface area contributed by atoms with Crippen molar-refractivity contribution in [3.8, 4) is 0 Å². The summed E-state index contributed by atoms with van der Waals surface area (Å²) in [5.74, 6) is -0.591. The van der Waals surface area contributed by atoms with Gasteiger partial charge in [-0.25, -0.2) is 5.48 Å².